The Morgan fingerprint density at radius 1 is 1.55 bits per heavy atom. The van der Waals surface area contributed by atoms with Gasteiger partial charge in [0.05, 0.1) is 0 Å². The number of nitrogens with zero attached hydrogens (tertiary/aromatic N) is 3. The molecule has 1 amide bonds. The minimum absolute atomic E-state index is 0.109. The SMILES string of the molecule is CCNc1cc(C(=O)N2CCCC(N(C)C)C2)ccn1. The summed E-state index contributed by atoms with van der Waals surface area (Å²) >= 11 is 0. The first-order valence-electron chi connectivity index (χ1n) is 7.27. The van der Waals surface area contributed by atoms with Crippen LogP contribution in [0.5, 0.6) is 0 Å². The molecule has 1 unspecified atom stereocenters. The topological polar surface area (TPSA) is 48.5 Å². The number of rotatable bonds is 4. The zero-order valence-corrected chi connectivity index (χ0v) is 12.6. The molecule has 1 aromatic heterocycles. The number of carbonyl (C=O) groups excluding carboxylic acids is 1. The van der Waals surface area contributed by atoms with Crippen LogP contribution >= 0.6 is 0 Å². The van der Waals surface area contributed by atoms with Gasteiger partial charge in [-0.25, -0.2) is 4.98 Å². The molecule has 1 aliphatic rings. The van der Waals surface area contributed by atoms with Gasteiger partial charge < -0.3 is 15.1 Å². The molecule has 5 nitrogen and oxygen atoms in total. The number of pyridine rings is 1. The third kappa shape index (κ3) is 3.48. The maximum Gasteiger partial charge on any atom is 0.254 e. The Balaban J connectivity index is 2.08. The van der Waals surface area contributed by atoms with Gasteiger partial charge in [0.25, 0.3) is 5.91 Å². The van der Waals surface area contributed by atoms with Crippen molar-refractivity contribution in [1.82, 2.24) is 14.8 Å². The van der Waals surface area contributed by atoms with E-state index in [0.717, 1.165) is 43.9 Å². The lowest BCUT2D eigenvalue weighted by Gasteiger charge is -2.36. The Kier molecular flexibility index (Phi) is 4.95. The number of hydrogen-bond donors (Lipinski definition) is 1. The highest BCUT2D eigenvalue weighted by atomic mass is 16.2. The second-order valence-electron chi connectivity index (χ2n) is 5.47. The fourth-order valence-corrected chi connectivity index (χ4v) is 2.58. The normalized spacial score (nSPS) is 19.2. The molecule has 2 rings (SSSR count). The smallest absolute Gasteiger partial charge is 0.254 e. The van der Waals surface area contributed by atoms with E-state index in [1.54, 1.807) is 12.3 Å². The molecule has 1 saturated heterocycles. The summed E-state index contributed by atoms with van der Waals surface area (Å²) < 4.78 is 0. The van der Waals surface area contributed by atoms with Crippen LogP contribution in [-0.2, 0) is 0 Å². The molecule has 0 aromatic carbocycles. The first-order valence-corrected chi connectivity index (χ1v) is 7.27. The van der Waals surface area contributed by atoms with Gasteiger partial charge in [0.15, 0.2) is 0 Å². The summed E-state index contributed by atoms with van der Waals surface area (Å²) in [4.78, 5) is 20.9. The fraction of sp³-hybridized carbons (Fsp3) is 0.600. The lowest BCUT2D eigenvalue weighted by atomic mass is 10.0. The molecule has 20 heavy (non-hydrogen) atoms. The van der Waals surface area contributed by atoms with E-state index in [9.17, 15) is 4.79 Å². The molecule has 1 N–H and O–H groups in total. The van der Waals surface area contributed by atoms with Gasteiger partial charge in [-0.2, -0.15) is 0 Å². The highest BCUT2D eigenvalue weighted by Crippen LogP contribution is 2.17. The van der Waals surface area contributed by atoms with Gasteiger partial charge in [-0.05, 0) is 46.0 Å². The van der Waals surface area contributed by atoms with E-state index in [2.05, 4.69) is 29.3 Å². The maximum absolute atomic E-state index is 12.6. The third-order valence-corrected chi connectivity index (χ3v) is 3.78. The van der Waals surface area contributed by atoms with Crippen molar-refractivity contribution in [2.45, 2.75) is 25.8 Å². The molecule has 5 heteroatoms. The van der Waals surface area contributed by atoms with E-state index in [1.165, 1.54) is 0 Å². The van der Waals surface area contributed by atoms with Crippen LogP contribution in [0.1, 0.15) is 30.1 Å². The number of nitrogens with one attached hydrogen (secondary N) is 1. The summed E-state index contributed by atoms with van der Waals surface area (Å²) in [5.74, 6) is 0.873. The number of anilines is 1. The number of likely N-dealkylation sites (N-methyl/N-ethyl adjacent to an activating group) is 1. The van der Waals surface area contributed by atoms with Crippen LogP contribution in [-0.4, -0.2) is 60.5 Å². The Labute approximate surface area is 121 Å². The van der Waals surface area contributed by atoms with E-state index >= 15 is 0 Å². The van der Waals surface area contributed by atoms with Crippen LogP contribution in [0.4, 0.5) is 5.82 Å². The highest BCUT2D eigenvalue weighted by Gasteiger charge is 2.25. The van der Waals surface area contributed by atoms with Gasteiger partial charge in [0.1, 0.15) is 5.82 Å². The molecule has 1 aromatic rings. The Bertz CT molecular complexity index is 461. The first kappa shape index (κ1) is 14.8. The Hall–Kier alpha value is -1.62. The second kappa shape index (κ2) is 6.70. The molecule has 0 aliphatic carbocycles. The molecule has 0 spiro atoms. The molecule has 1 atom stereocenters. The number of hydrogen-bond acceptors (Lipinski definition) is 4. The van der Waals surface area contributed by atoms with Gasteiger partial charge in [0.2, 0.25) is 0 Å². The summed E-state index contributed by atoms with van der Waals surface area (Å²) in [5, 5.41) is 3.14. The van der Waals surface area contributed by atoms with Crippen LogP contribution in [0.25, 0.3) is 0 Å². The minimum Gasteiger partial charge on any atom is -0.370 e. The summed E-state index contributed by atoms with van der Waals surface area (Å²) in [6.07, 6.45) is 3.92. The van der Waals surface area contributed by atoms with Crippen molar-refractivity contribution in [3.8, 4) is 0 Å². The fourth-order valence-electron chi connectivity index (χ4n) is 2.58. The number of piperidine rings is 1. The highest BCUT2D eigenvalue weighted by molar-refractivity contribution is 5.94. The van der Waals surface area contributed by atoms with Crippen molar-refractivity contribution < 1.29 is 4.79 Å². The predicted octanol–water partition coefficient (Wildman–Crippen LogP) is 1.68. The molecular weight excluding hydrogens is 252 g/mol. The van der Waals surface area contributed by atoms with Gasteiger partial charge in [-0.1, -0.05) is 0 Å². The average Bonchev–Trinajstić information content (AvgIpc) is 2.47. The molecule has 0 bridgehead atoms. The number of amides is 1. The number of likely N-dealkylation sites (tertiary alicyclic amines) is 1. The maximum atomic E-state index is 12.6. The van der Waals surface area contributed by atoms with Crippen LogP contribution in [0.15, 0.2) is 18.3 Å². The van der Waals surface area contributed by atoms with Gasteiger partial charge >= 0.3 is 0 Å². The first-order chi connectivity index (χ1) is 9.61. The Morgan fingerprint density at radius 3 is 3.05 bits per heavy atom. The summed E-state index contributed by atoms with van der Waals surface area (Å²) in [6.45, 7) is 4.48. The van der Waals surface area contributed by atoms with Crippen LogP contribution in [0, 0.1) is 0 Å². The van der Waals surface area contributed by atoms with Crippen molar-refractivity contribution >= 4 is 11.7 Å². The lowest BCUT2D eigenvalue weighted by Crippen LogP contribution is -2.47. The van der Waals surface area contributed by atoms with Gasteiger partial charge in [-0.15, -0.1) is 0 Å². The van der Waals surface area contributed by atoms with Crippen molar-refractivity contribution in [3.05, 3.63) is 23.9 Å². The monoisotopic (exact) mass is 276 g/mol. The molecule has 1 fully saturated rings. The predicted molar refractivity (Wildman–Crippen MR) is 81.0 cm³/mol. The van der Waals surface area contributed by atoms with Crippen LogP contribution in [0.3, 0.4) is 0 Å². The largest absolute Gasteiger partial charge is 0.370 e. The van der Waals surface area contributed by atoms with Crippen molar-refractivity contribution in [2.24, 2.45) is 0 Å². The second-order valence-corrected chi connectivity index (χ2v) is 5.47. The number of carbonyl (C=O) groups is 1. The molecule has 1 aliphatic heterocycles. The molecular formula is C15H24N4O. The van der Waals surface area contributed by atoms with Crippen molar-refractivity contribution in [2.75, 3.05) is 39.0 Å². The van der Waals surface area contributed by atoms with E-state index in [0.29, 0.717) is 6.04 Å². The van der Waals surface area contributed by atoms with E-state index in [-0.39, 0.29) is 5.91 Å². The molecule has 2 heterocycles. The van der Waals surface area contributed by atoms with E-state index in [1.807, 2.05) is 17.9 Å². The quantitative estimate of drug-likeness (QED) is 0.909. The standard InChI is InChI=1S/C15H24N4O/c1-4-16-14-10-12(7-8-17-14)15(20)19-9-5-6-13(11-19)18(2)3/h7-8,10,13H,4-6,9,11H2,1-3H3,(H,16,17). The molecule has 0 saturated carbocycles. The lowest BCUT2D eigenvalue weighted by molar-refractivity contribution is 0.0635. The van der Waals surface area contributed by atoms with E-state index < -0.39 is 0 Å². The van der Waals surface area contributed by atoms with Gasteiger partial charge in [-0.3, -0.25) is 4.79 Å². The zero-order valence-electron chi connectivity index (χ0n) is 12.6. The minimum atomic E-state index is 0.109. The van der Waals surface area contributed by atoms with Crippen LogP contribution < -0.4 is 5.32 Å². The molecule has 110 valence electrons. The van der Waals surface area contributed by atoms with Gasteiger partial charge in [0, 0.05) is 37.4 Å². The average molecular weight is 276 g/mol. The zero-order chi connectivity index (χ0) is 14.5. The van der Waals surface area contributed by atoms with Crippen molar-refractivity contribution in [1.29, 1.82) is 0 Å². The van der Waals surface area contributed by atoms with Crippen LogP contribution in [0.2, 0.25) is 0 Å². The number of aromatic nitrogens is 1. The molecule has 0 radical (unpaired) electrons. The summed E-state index contributed by atoms with van der Waals surface area (Å²) in [6, 6.07) is 4.09. The van der Waals surface area contributed by atoms with Crippen molar-refractivity contribution in [3.63, 3.8) is 0 Å². The summed E-state index contributed by atoms with van der Waals surface area (Å²) in [5.41, 5.74) is 0.718. The summed E-state index contributed by atoms with van der Waals surface area (Å²) in [7, 11) is 4.16. The van der Waals surface area contributed by atoms with E-state index in [4.69, 9.17) is 0 Å². The Morgan fingerprint density at radius 2 is 2.35 bits per heavy atom. The third-order valence-electron chi connectivity index (χ3n) is 3.78.